The van der Waals surface area contributed by atoms with Crippen LogP contribution in [-0.2, 0) is 9.59 Å². The maximum atomic E-state index is 13.0. The van der Waals surface area contributed by atoms with Crippen LogP contribution in [0.25, 0.3) is 17.0 Å². The molecule has 0 atom stereocenters. The van der Waals surface area contributed by atoms with Crippen molar-refractivity contribution in [2.24, 2.45) is 4.99 Å². The van der Waals surface area contributed by atoms with Crippen LogP contribution in [0.1, 0.15) is 12.0 Å². The lowest BCUT2D eigenvalue weighted by Gasteiger charge is -2.31. The molecular formula is C22H24N8O2. The van der Waals surface area contributed by atoms with Crippen molar-refractivity contribution in [2.75, 3.05) is 32.5 Å². The number of likely N-dealkylation sites (N-methyl/N-ethyl adjacent to an activating group) is 1. The zero-order valence-electron chi connectivity index (χ0n) is 18.2. The van der Waals surface area contributed by atoms with Gasteiger partial charge in [-0.05, 0) is 31.0 Å². The molecule has 0 aromatic carbocycles. The molecule has 4 rings (SSSR count). The molecule has 2 amide bonds. The molecular weight excluding hydrogens is 408 g/mol. The number of pyridine rings is 2. The van der Waals surface area contributed by atoms with E-state index in [1.54, 1.807) is 54.2 Å². The van der Waals surface area contributed by atoms with Gasteiger partial charge in [0.1, 0.15) is 5.70 Å². The van der Waals surface area contributed by atoms with Crippen LogP contribution in [0.5, 0.6) is 0 Å². The molecule has 10 nitrogen and oxygen atoms in total. The Labute approximate surface area is 185 Å². The average Bonchev–Trinajstić information content (AvgIpc) is 3.16. The summed E-state index contributed by atoms with van der Waals surface area (Å²) in [6.07, 6.45) is 7.57. The molecule has 164 valence electrons. The van der Waals surface area contributed by atoms with Crippen LogP contribution in [-0.4, -0.2) is 69.7 Å². The number of carbonyl (C=O) groups excluding carboxylic acids is 2. The number of hydrogen-bond acceptors (Lipinski definition) is 7. The van der Waals surface area contributed by atoms with E-state index >= 15 is 0 Å². The van der Waals surface area contributed by atoms with E-state index in [-0.39, 0.29) is 17.2 Å². The minimum atomic E-state index is -0.441. The first-order valence-electron chi connectivity index (χ1n) is 10.2. The van der Waals surface area contributed by atoms with Crippen LogP contribution in [0, 0.1) is 6.92 Å². The number of nitrogens with one attached hydrogen (secondary N) is 2. The van der Waals surface area contributed by atoms with Crippen molar-refractivity contribution in [1.29, 1.82) is 0 Å². The number of aryl methyl sites for hydroxylation is 1. The van der Waals surface area contributed by atoms with Crippen LogP contribution < -0.4 is 10.6 Å². The van der Waals surface area contributed by atoms with E-state index < -0.39 is 5.91 Å². The summed E-state index contributed by atoms with van der Waals surface area (Å²) in [7, 11) is 3.17. The molecule has 2 N–H and O–H groups in total. The highest BCUT2D eigenvalue weighted by Gasteiger charge is 2.27. The lowest BCUT2D eigenvalue weighted by atomic mass is 10.1. The van der Waals surface area contributed by atoms with Crippen LogP contribution >= 0.6 is 0 Å². The molecule has 1 aliphatic heterocycles. The Bertz CT molecular complexity index is 1240. The Morgan fingerprint density at radius 3 is 2.69 bits per heavy atom. The van der Waals surface area contributed by atoms with Crippen molar-refractivity contribution < 1.29 is 9.59 Å². The molecule has 3 aromatic rings. The quantitative estimate of drug-likeness (QED) is 0.450. The van der Waals surface area contributed by atoms with Gasteiger partial charge in [0, 0.05) is 69.3 Å². The molecule has 10 heteroatoms. The van der Waals surface area contributed by atoms with Crippen molar-refractivity contribution in [3.8, 4) is 11.4 Å². The molecule has 1 aliphatic rings. The lowest BCUT2D eigenvalue weighted by Crippen LogP contribution is -2.44. The van der Waals surface area contributed by atoms with E-state index in [0.29, 0.717) is 30.2 Å². The van der Waals surface area contributed by atoms with Gasteiger partial charge in [-0.1, -0.05) is 0 Å². The van der Waals surface area contributed by atoms with Crippen molar-refractivity contribution in [3.63, 3.8) is 0 Å². The van der Waals surface area contributed by atoms with E-state index in [2.05, 4.69) is 30.7 Å². The summed E-state index contributed by atoms with van der Waals surface area (Å²) in [6.45, 7) is 3.32. The van der Waals surface area contributed by atoms with Gasteiger partial charge >= 0.3 is 0 Å². The van der Waals surface area contributed by atoms with E-state index in [1.165, 1.54) is 6.21 Å². The minimum absolute atomic E-state index is 0.153. The molecule has 1 saturated heterocycles. The maximum Gasteiger partial charge on any atom is 0.272 e. The molecule has 32 heavy (non-hydrogen) atoms. The molecule has 3 aromatic heterocycles. The normalized spacial score (nSPS) is 14.3. The zero-order chi connectivity index (χ0) is 22.7. The highest BCUT2D eigenvalue weighted by molar-refractivity contribution is 6.20. The standard InChI is InChI=1S/C22H24N8O2/c1-14-9-15(12-25-11-14)20-27-18-10-16(5-8-30(18)28-20)26-21(31)19(24-3)17(13-23-2)22(32)29-6-4-7-29/h5,8-13,24H,4,6-7H2,1-3H3,(H,26,31)/b19-17+,23-13?. The first kappa shape index (κ1) is 21.2. The number of hydrogen-bond donors (Lipinski definition) is 2. The second kappa shape index (κ2) is 8.96. The monoisotopic (exact) mass is 432 g/mol. The molecule has 0 spiro atoms. The highest BCUT2D eigenvalue weighted by Crippen LogP contribution is 2.19. The minimum Gasteiger partial charge on any atom is -0.383 e. The van der Waals surface area contributed by atoms with Crippen LogP contribution in [0.4, 0.5) is 5.69 Å². The predicted octanol–water partition coefficient (Wildman–Crippen LogP) is 1.44. The molecule has 4 heterocycles. The van der Waals surface area contributed by atoms with Gasteiger partial charge in [-0.25, -0.2) is 9.50 Å². The Hall–Kier alpha value is -4.08. The number of aliphatic imine (C=N–C) groups is 1. The number of likely N-dealkylation sites (tertiary alicyclic amines) is 1. The summed E-state index contributed by atoms with van der Waals surface area (Å²) in [5.41, 5.74) is 3.31. The third-order valence-corrected chi connectivity index (χ3v) is 5.11. The van der Waals surface area contributed by atoms with Gasteiger partial charge in [-0.3, -0.25) is 19.6 Å². The maximum absolute atomic E-state index is 13.0. The van der Waals surface area contributed by atoms with Crippen molar-refractivity contribution in [1.82, 2.24) is 29.8 Å². The van der Waals surface area contributed by atoms with Crippen molar-refractivity contribution in [2.45, 2.75) is 13.3 Å². The number of amides is 2. The number of anilines is 1. The SMILES string of the molecule is CN=C/C(C(=O)N1CCC1)=C(\NC)C(=O)Nc1ccn2nc(-c3cncc(C)c3)nc2c1. The van der Waals surface area contributed by atoms with Gasteiger partial charge in [-0.2, -0.15) is 0 Å². The third-order valence-electron chi connectivity index (χ3n) is 5.11. The number of rotatable bonds is 6. The van der Waals surface area contributed by atoms with Gasteiger partial charge in [0.15, 0.2) is 11.5 Å². The Balaban J connectivity index is 1.61. The van der Waals surface area contributed by atoms with Crippen LogP contribution in [0.15, 0.2) is 53.1 Å². The molecule has 0 aliphatic carbocycles. The average molecular weight is 432 g/mol. The van der Waals surface area contributed by atoms with Crippen molar-refractivity contribution in [3.05, 3.63) is 53.6 Å². The van der Waals surface area contributed by atoms with Gasteiger partial charge < -0.3 is 15.5 Å². The second-order valence-corrected chi connectivity index (χ2v) is 7.43. The summed E-state index contributed by atoms with van der Waals surface area (Å²) in [5.74, 6) is -0.115. The molecule has 1 fully saturated rings. The summed E-state index contributed by atoms with van der Waals surface area (Å²) in [6, 6.07) is 5.39. The number of nitrogens with zero attached hydrogens (tertiary/aromatic N) is 6. The summed E-state index contributed by atoms with van der Waals surface area (Å²) in [5, 5.41) is 10.1. The summed E-state index contributed by atoms with van der Waals surface area (Å²) in [4.78, 5) is 40.1. The van der Waals surface area contributed by atoms with Crippen LogP contribution in [0.2, 0.25) is 0 Å². The smallest absolute Gasteiger partial charge is 0.272 e. The summed E-state index contributed by atoms with van der Waals surface area (Å²) < 4.78 is 1.63. The zero-order valence-corrected chi connectivity index (χ0v) is 18.2. The van der Waals surface area contributed by atoms with E-state index in [4.69, 9.17) is 0 Å². The topological polar surface area (TPSA) is 117 Å². The summed E-state index contributed by atoms with van der Waals surface area (Å²) >= 11 is 0. The van der Waals surface area contributed by atoms with Crippen molar-refractivity contribution >= 4 is 29.4 Å². The first-order chi connectivity index (χ1) is 15.5. The van der Waals surface area contributed by atoms with Crippen LogP contribution in [0.3, 0.4) is 0 Å². The van der Waals surface area contributed by atoms with Gasteiger partial charge in [-0.15, -0.1) is 5.10 Å². The fourth-order valence-corrected chi connectivity index (χ4v) is 3.37. The van der Waals surface area contributed by atoms with E-state index in [0.717, 1.165) is 17.5 Å². The molecule has 0 unspecified atom stereocenters. The van der Waals surface area contributed by atoms with Gasteiger partial charge in [0.25, 0.3) is 11.8 Å². The van der Waals surface area contributed by atoms with Gasteiger partial charge in [0.2, 0.25) is 0 Å². The molecule has 0 bridgehead atoms. The number of fused-ring (bicyclic) bond motifs is 1. The Morgan fingerprint density at radius 2 is 2.03 bits per heavy atom. The predicted molar refractivity (Wildman–Crippen MR) is 121 cm³/mol. The number of carbonyl (C=O) groups is 2. The second-order valence-electron chi connectivity index (χ2n) is 7.43. The third kappa shape index (κ3) is 4.20. The molecule has 0 radical (unpaired) electrons. The Morgan fingerprint density at radius 1 is 1.22 bits per heavy atom. The lowest BCUT2D eigenvalue weighted by molar-refractivity contribution is -0.130. The first-order valence-corrected chi connectivity index (χ1v) is 10.2. The highest BCUT2D eigenvalue weighted by atomic mass is 16.2. The fourth-order valence-electron chi connectivity index (χ4n) is 3.37. The number of aromatic nitrogens is 4. The fraction of sp³-hybridized carbons (Fsp3) is 0.273. The van der Waals surface area contributed by atoms with E-state index in [1.807, 2.05) is 13.0 Å². The Kier molecular flexibility index (Phi) is 5.93. The van der Waals surface area contributed by atoms with Gasteiger partial charge in [0.05, 0.1) is 5.57 Å². The van der Waals surface area contributed by atoms with E-state index in [9.17, 15) is 9.59 Å². The largest absolute Gasteiger partial charge is 0.383 e. The molecule has 0 saturated carbocycles.